The van der Waals surface area contributed by atoms with Gasteiger partial charge in [-0.25, -0.2) is 0 Å². The lowest BCUT2D eigenvalue weighted by Gasteiger charge is -2.37. The molecule has 0 saturated carbocycles. The molecule has 1 aromatic rings. The number of benzene rings is 1. The van der Waals surface area contributed by atoms with Crippen molar-refractivity contribution in [3.8, 4) is 23.3 Å². The predicted octanol–water partition coefficient (Wildman–Crippen LogP) is 2.74. The van der Waals surface area contributed by atoms with Gasteiger partial charge in [-0.3, -0.25) is 0 Å². The Kier molecular flexibility index (Phi) is 11.3. The van der Waals surface area contributed by atoms with Gasteiger partial charge in [-0.2, -0.15) is 0 Å². The molecule has 2 rings (SSSR count). The molecule has 1 aliphatic heterocycles. The monoisotopic (exact) mass is 398 g/mol. The second-order valence-electron chi connectivity index (χ2n) is 5.82. The third kappa shape index (κ3) is 8.04. The van der Waals surface area contributed by atoms with E-state index in [0.29, 0.717) is 36.7 Å². The first-order valence-corrected chi connectivity index (χ1v) is 10.9. The summed E-state index contributed by atoms with van der Waals surface area (Å²) < 4.78 is 16.5. The summed E-state index contributed by atoms with van der Waals surface area (Å²) >= 11 is 0. The van der Waals surface area contributed by atoms with Crippen LogP contribution in [0.4, 0.5) is 0 Å². The lowest BCUT2D eigenvalue weighted by molar-refractivity contribution is -0.235. The predicted molar refractivity (Wildman–Crippen MR) is 107 cm³/mol. The minimum atomic E-state index is -1.16. The van der Waals surface area contributed by atoms with Crippen LogP contribution in [0.25, 0.3) is 0 Å². The second-order valence-corrected chi connectivity index (χ2v) is 7.59. The Labute approximate surface area is 163 Å². The molecule has 27 heavy (non-hydrogen) atoms. The first-order valence-electron chi connectivity index (χ1n) is 9.19. The van der Waals surface area contributed by atoms with Gasteiger partial charge in [0.1, 0.15) is 17.6 Å². The fourth-order valence-corrected chi connectivity index (χ4v) is 3.61. The lowest BCUT2D eigenvalue weighted by atomic mass is 10.0. The van der Waals surface area contributed by atoms with E-state index < -0.39 is 26.6 Å². The van der Waals surface area contributed by atoms with Gasteiger partial charge in [-0.05, 0) is 43.8 Å². The third-order valence-electron chi connectivity index (χ3n) is 3.96. The molecule has 1 fully saturated rings. The molecule has 6 nitrogen and oxygen atoms in total. The van der Waals surface area contributed by atoms with Crippen LogP contribution in [0.3, 0.4) is 0 Å². The zero-order chi connectivity index (χ0) is 20.2. The zero-order valence-electron chi connectivity index (χ0n) is 16.5. The summed E-state index contributed by atoms with van der Waals surface area (Å²) in [5.74, 6) is 6.84. The highest BCUT2D eigenvalue weighted by atomic mass is 31.1. The molecule has 0 aliphatic carbocycles. The van der Waals surface area contributed by atoms with Crippen molar-refractivity contribution >= 4 is 8.15 Å². The van der Waals surface area contributed by atoms with Crippen molar-refractivity contribution in [3.05, 3.63) is 24.3 Å². The number of aliphatic hydroxyl groups excluding tert-OH is 2. The molecular weight excluding hydrogens is 367 g/mol. The fraction of sp³-hybridized carbons (Fsp3) is 0.600. The maximum absolute atomic E-state index is 10.1. The standard InChI is InChI=1S/C18H25O6P.C2H6/c1-3-4-10-25(21)11-9-15-12-16(19)17(20)18(24-15)23-14-7-5-13(22-2)6-8-14;1-2/h5-8,15-21H,9-12H2,1-2H3;1-2H3. The van der Waals surface area contributed by atoms with Crippen molar-refractivity contribution in [2.24, 2.45) is 0 Å². The van der Waals surface area contributed by atoms with Gasteiger partial charge in [-0.1, -0.05) is 19.8 Å². The van der Waals surface area contributed by atoms with Crippen LogP contribution >= 0.6 is 8.15 Å². The Morgan fingerprint density at radius 2 is 1.81 bits per heavy atom. The van der Waals surface area contributed by atoms with Crippen molar-refractivity contribution in [2.75, 3.05) is 19.4 Å². The summed E-state index contributed by atoms with van der Waals surface area (Å²) in [6, 6.07) is 6.90. The largest absolute Gasteiger partial charge is 0.497 e. The molecule has 5 atom stereocenters. The molecule has 0 bridgehead atoms. The highest BCUT2D eigenvalue weighted by Crippen LogP contribution is 2.33. The Morgan fingerprint density at radius 1 is 1.19 bits per heavy atom. The number of methoxy groups -OCH3 is 1. The molecule has 1 aliphatic rings. The van der Waals surface area contributed by atoms with Crippen LogP contribution in [0.1, 0.15) is 33.6 Å². The van der Waals surface area contributed by atoms with Gasteiger partial charge in [0.2, 0.25) is 6.29 Å². The van der Waals surface area contributed by atoms with Crippen molar-refractivity contribution in [2.45, 2.75) is 58.2 Å². The Hall–Kier alpha value is -1.35. The van der Waals surface area contributed by atoms with Crippen LogP contribution in [0.5, 0.6) is 11.5 Å². The molecule has 0 aromatic heterocycles. The second kappa shape index (κ2) is 12.9. The van der Waals surface area contributed by atoms with Crippen LogP contribution < -0.4 is 9.47 Å². The summed E-state index contributed by atoms with van der Waals surface area (Å²) in [4.78, 5) is 9.93. The lowest BCUT2D eigenvalue weighted by Crippen LogP contribution is -2.51. The Morgan fingerprint density at radius 3 is 2.41 bits per heavy atom. The van der Waals surface area contributed by atoms with Gasteiger partial charge in [0.05, 0.1) is 25.5 Å². The smallest absolute Gasteiger partial charge is 0.228 e. The molecule has 0 radical (unpaired) electrons. The van der Waals surface area contributed by atoms with E-state index in [1.165, 1.54) is 0 Å². The molecule has 0 spiro atoms. The van der Waals surface area contributed by atoms with Crippen molar-refractivity contribution < 1.29 is 29.3 Å². The maximum atomic E-state index is 10.1. The van der Waals surface area contributed by atoms with Crippen LogP contribution in [0, 0.1) is 11.8 Å². The van der Waals surface area contributed by atoms with Crippen LogP contribution in [0.2, 0.25) is 0 Å². The average Bonchev–Trinajstić information content (AvgIpc) is 2.70. The number of aliphatic hydroxyl groups is 2. The minimum Gasteiger partial charge on any atom is -0.497 e. The molecule has 3 N–H and O–H groups in total. The van der Waals surface area contributed by atoms with Crippen molar-refractivity contribution in [1.29, 1.82) is 0 Å². The van der Waals surface area contributed by atoms with E-state index in [9.17, 15) is 15.1 Å². The highest BCUT2D eigenvalue weighted by Gasteiger charge is 2.38. The van der Waals surface area contributed by atoms with Gasteiger partial charge < -0.3 is 29.3 Å². The van der Waals surface area contributed by atoms with E-state index in [4.69, 9.17) is 14.2 Å². The van der Waals surface area contributed by atoms with Gasteiger partial charge in [0.15, 0.2) is 0 Å². The molecule has 152 valence electrons. The minimum absolute atomic E-state index is 0.284. The van der Waals surface area contributed by atoms with Crippen LogP contribution in [-0.4, -0.2) is 59.1 Å². The van der Waals surface area contributed by atoms with Gasteiger partial charge in [0.25, 0.3) is 0 Å². The SMILES string of the molecule is CC.CC#CCP(O)CCC1CC(O)C(O)C(Oc2ccc(OC)cc2)O1. The van der Waals surface area contributed by atoms with E-state index >= 15 is 0 Å². The summed E-state index contributed by atoms with van der Waals surface area (Å²) in [6.07, 6.45) is -1.34. The Balaban J connectivity index is 0.00000176. The molecule has 7 heteroatoms. The molecular formula is C20H31O6P. The van der Waals surface area contributed by atoms with Gasteiger partial charge in [-0.15, -0.1) is 5.92 Å². The van der Waals surface area contributed by atoms with Crippen molar-refractivity contribution in [1.82, 2.24) is 0 Å². The number of ether oxygens (including phenoxy) is 3. The van der Waals surface area contributed by atoms with Crippen LogP contribution in [-0.2, 0) is 4.74 Å². The summed E-state index contributed by atoms with van der Waals surface area (Å²) in [5, 5.41) is 20.2. The third-order valence-corrected chi connectivity index (χ3v) is 5.26. The molecule has 5 unspecified atom stereocenters. The fourth-order valence-electron chi connectivity index (χ4n) is 2.53. The zero-order valence-corrected chi connectivity index (χ0v) is 17.4. The molecule has 0 amide bonds. The summed E-state index contributed by atoms with van der Waals surface area (Å²) in [6.45, 7) is 5.74. The summed E-state index contributed by atoms with van der Waals surface area (Å²) in [7, 11) is 0.419. The first kappa shape index (κ1) is 23.7. The summed E-state index contributed by atoms with van der Waals surface area (Å²) in [5.41, 5.74) is 0. The first-order chi connectivity index (χ1) is 13.0. The number of hydrogen-bond acceptors (Lipinski definition) is 6. The average molecular weight is 398 g/mol. The quantitative estimate of drug-likeness (QED) is 0.484. The number of hydrogen-bond donors (Lipinski definition) is 3. The van der Waals surface area contributed by atoms with E-state index in [1.54, 1.807) is 38.3 Å². The topological polar surface area (TPSA) is 88.4 Å². The normalized spacial score (nSPS) is 25.3. The van der Waals surface area contributed by atoms with E-state index in [-0.39, 0.29) is 6.10 Å². The van der Waals surface area contributed by atoms with Gasteiger partial charge in [0, 0.05) is 14.6 Å². The molecule has 1 aromatic carbocycles. The molecule has 1 saturated heterocycles. The van der Waals surface area contributed by atoms with Crippen molar-refractivity contribution in [3.63, 3.8) is 0 Å². The molecule has 1 heterocycles. The van der Waals surface area contributed by atoms with Crippen LogP contribution in [0.15, 0.2) is 24.3 Å². The maximum Gasteiger partial charge on any atom is 0.228 e. The highest BCUT2D eigenvalue weighted by molar-refractivity contribution is 7.51. The van der Waals surface area contributed by atoms with E-state index in [1.807, 2.05) is 13.8 Å². The Bertz CT molecular complexity index is 582. The van der Waals surface area contributed by atoms with Gasteiger partial charge >= 0.3 is 0 Å². The van der Waals surface area contributed by atoms with E-state index in [0.717, 1.165) is 0 Å². The van der Waals surface area contributed by atoms with E-state index in [2.05, 4.69) is 11.8 Å². The number of rotatable bonds is 7.